The molecular formula is C33H32F5N3O5. The minimum absolute atomic E-state index is 0.00979. The van der Waals surface area contributed by atoms with Crippen molar-refractivity contribution in [2.24, 2.45) is 34.7 Å². The maximum atomic E-state index is 15.3. The third kappa shape index (κ3) is 5.62. The number of nitrogens with zero attached hydrogens (tertiary/aromatic N) is 1. The lowest BCUT2D eigenvalue weighted by Gasteiger charge is -2.31. The maximum absolute atomic E-state index is 15.3. The van der Waals surface area contributed by atoms with Crippen LogP contribution in [-0.2, 0) is 20.5 Å². The van der Waals surface area contributed by atoms with Gasteiger partial charge in [-0.3, -0.25) is 9.59 Å². The highest BCUT2D eigenvalue weighted by Gasteiger charge is 2.52. The second-order valence-corrected chi connectivity index (χ2v) is 12.7. The highest BCUT2D eigenvalue weighted by molar-refractivity contribution is 6.06. The van der Waals surface area contributed by atoms with E-state index in [0.29, 0.717) is 37.0 Å². The lowest BCUT2D eigenvalue weighted by Crippen LogP contribution is -2.45. The molecule has 2 amide bonds. The van der Waals surface area contributed by atoms with Crippen LogP contribution in [0.25, 0.3) is 0 Å². The third-order valence-electron chi connectivity index (χ3n) is 9.86. The molecule has 2 heterocycles. The zero-order valence-electron chi connectivity index (χ0n) is 24.8. The van der Waals surface area contributed by atoms with Crippen molar-refractivity contribution in [1.82, 2.24) is 5.32 Å². The molecule has 2 bridgehead atoms. The molecule has 0 spiro atoms. The molecule has 3 aliphatic carbocycles. The van der Waals surface area contributed by atoms with Crippen molar-refractivity contribution in [1.29, 1.82) is 0 Å². The van der Waals surface area contributed by atoms with E-state index in [0.717, 1.165) is 37.8 Å². The molecule has 1 saturated heterocycles. The summed E-state index contributed by atoms with van der Waals surface area (Å²) in [6.07, 6.45) is 0.721. The first-order chi connectivity index (χ1) is 22.0. The fraction of sp³-hybridized carbons (Fsp3) is 0.485. The highest BCUT2D eigenvalue weighted by atomic mass is 19.4. The van der Waals surface area contributed by atoms with Crippen LogP contribution in [0, 0.1) is 41.2 Å². The van der Waals surface area contributed by atoms with Gasteiger partial charge in [0.25, 0.3) is 5.91 Å². The van der Waals surface area contributed by atoms with E-state index in [1.54, 1.807) is 0 Å². The summed E-state index contributed by atoms with van der Waals surface area (Å²) >= 11 is 0. The summed E-state index contributed by atoms with van der Waals surface area (Å²) in [5.74, 6) is -3.25. The van der Waals surface area contributed by atoms with E-state index in [1.807, 2.05) is 0 Å². The molecule has 6 atom stereocenters. The zero-order valence-corrected chi connectivity index (χ0v) is 24.8. The van der Waals surface area contributed by atoms with Gasteiger partial charge < -0.3 is 24.9 Å². The molecule has 2 aliphatic heterocycles. The summed E-state index contributed by atoms with van der Waals surface area (Å²) in [4.78, 5) is 32.6. The molecule has 2 aromatic carbocycles. The lowest BCUT2D eigenvalue weighted by molar-refractivity contribution is -0.140. The summed E-state index contributed by atoms with van der Waals surface area (Å²) in [5, 5.41) is 9.67. The Bertz CT molecular complexity index is 1640. The van der Waals surface area contributed by atoms with Crippen LogP contribution in [-0.4, -0.2) is 50.0 Å². The fourth-order valence-electron chi connectivity index (χ4n) is 7.53. The summed E-state index contributed by atoms with van der Waals surface area (Å²) in [6, 6.07) is 4.40. The normalized spacial score (nSPS) is 29.0. The van der Waals surface area contributed by atoms with Crippen molar-refractivity contribution in [3.63, 3.8) is 0 Å². The van der Waals surface area contributed by atoms with Crippen LogP contribution < -0.4 is 15.4 Å². The van der Waals surface area contributed by atoms with Gasteiger partial charge in [0.1, 0.15) is 17.4 Å². The van der Waals surface area contributed by atoms with Crippen LogP contribution in [0.2, 0.25) is 0 Å². The average molecular weight is 646 g/mol. The smallest absolute Gasteiger partial charge is 0.419 e. The Morgan fingerprint density at radius 2 is 1.80 bits per heavy atom. The van der Waals surface area contributed by atoms with Crippen LogP contribution in [0.3, 0.4) is 0 Å². The number of alkyl halides is 3. The third-order valence-corrected chi connectivity index (χ3v) is 9.86. The lowest BCUT2D eigenvalue weighted by atomic mass is 9.81. The minimum atomic E-state index is -4.92. The number of oxime groups is 1. The Hall–Kier alpha value is -4.00. The summed E-state index contributed by atoms with van der Waals surface area (Å²) in [5.41, 5.74) is 0.115. The van der Waals surface area contributed by atoms with E-state index in [4.69, 9.17) is 14.3 Å². The van der Waals surface area contributed by atoms with Gasteiger partial charge >= 0.3 is 6.18 Å². The van der Waals surface area contributed by atoms with E-state index >= 15 is 4.39 Å². The molecule has 7 rings (SSSR count). The number of rotatable bonds is 8. The zero-order chi connectivity index (χ0) is 32.3. The van der Waals surface area contributed by atoms with Crippen LogP contribution in [0.4, 0.5) is 27.6 Å². The van der Waals surface area contributed by atoms with Crippen molar-refractivity contribution in [3.8, 4) is 5.75 Å². The predicted molar refractivity (Wildman–Crippen MR) is 155 cm³/mol. The van der Waals surface area contributed by atoms with Crippen molar-refractivity contribution in [2.75, 3.05) is 25.6 Å². The van der Waals surface area contributed by atoms with Crippen molar-refractivity contribution in [2.45, 2.75) is 50.4 Å². The second kappa shape index (κ2) is 11.7. The summed E-state index contributed by atoms with van der Waals surface area (Å²) in [6.45, 7) is 0.653. The fourth-order valence-corrected chi connectivity index (χ4v) is 7.53. The van der Waals surface area contributed by atoms with Gasteiger partial charge in [0, 0.05) is 35.7 Å². The number of anilines is 1. The summed E-state index contributed by atoms with van der Waals surface area (Å²) in [7, 11) is 1.34. The second-order valence-electron chi connectivity index (χ2n) is 12.7. The Morgan fingerprint density at radius 1 is 1.02 bits per heavy atom. The number of carbonyl (C=O) groups excluding carboxylic acids is 2. The number of halogens is 5. The van der Waals surface area contributed by atoms with Gasteiger partial charge in [0.05, 0.1) is 43.1 Å². The van der Waals surface area contributed by atoms with Gasteiger partial charge in [-0.25, -0.2) is 8.78 Å². The molecule has 5 aliphatic rings. The Kier molecular flexibility index (Phi) is 7.77. The molecule has 46 heavy (non-hydrogen) atoms. The molecule has 4 fully saturated rings. The van der Waals surface area contributed by atoms with E-state index in [1.165, 1.54) is 18.7 Å². The Balaban J connectivity index is 1.14. The van der Waals surface area contributed by atoms with Crippen LogP contribution >= 0.6 is 0 Å². The molecule has 13 heteroatoms. The average Bonchev–Trinajstić information content (AvgIpc) is 3.28. The standard InChI is InChI=1S/C33H32F5N3O5/c1-44-27-12-26(35)21(31-23-13-45-14-28(23)46-41-31)10-22(27)32(43)40-30-18-6-5-17(19(18)8-15-2-3-15)20(30)11-29(42)39-16-4-7-25(34)24(9-16)33(36,37)38/h4,7-10,12,15,17-18,20,23,28,30H,2-3,5-6,11,13-14H2,1H3,(H,39,42)(H,40,43)/b19-8-/t17-,18+,20-,23?,28?,30-/m0/s1. The molecule has 0 aromatic heterocycles. The molecule has 2 N–H and O–H groups in total. The number of allylic oxidation sites excluding steroid dienone is 1. The van der Waals surface area contributed by atoms with Gasteiger partial charge in [-0.1, -0.05) is 16.8 Å². The molecule has 3 saturated carbocycles. The number of ether oxygens (including phenoxy) is 2. The number of amides is 2. The number of hydrogen-bond acceptors (Lipinski definition) is 6. The van der Waals surface area contributed by atoms with Crippen molar-refractivity contribution in [3.05, 3.63) is 70.3 Å². The summed E-state index contributed by atoms with van der Waals surface area (Å²) < 4.78 is 79.7. The SMILES string of the molecule is COc1cc(F)c(C2=NOC3COCC23)cc1C(=O)N[C@@H]1[C@@H](CC(=O)Nc2ccc(F)c(C(F)(F)F)c2)[C@H]2CC[C@@H]1/C2=C\C1CC1. The number of nitrogens with one attached hydrogen (secondary N) is 2. The Morgan fingerprint density at radius 3 is 2.54 bits per heavy atom. The van der Waals surface area contributed by atoms with Crippen molar-refractivity contribution >= 4 is 23.2 Å². The Labute approximate surface area is 261 Å². The quantitative estimate of drug-likeness (QED) is 0.277. The van der Waals surface area contributed by atoms with E-state index in [9.17, 15) is 27.2 Å². The molecular weight excluding hydrogens is 613 g/mol. The molecule has 8 nitrogen and oxygen atoms in total. The van der Waals surface area contributed by atoms with Gasteiger partial charge in [0.2, 0.25) is 5.91 Å². The van der Waals surface area contributed by atoms with Gasteiger partial charge in [-0.15, -0.1) is 0 Å². The van der Waals surface area contributed by atoms with Crippen molar-refractivity contribution < 1.29 is 45.9 Å². The number of fused-ring (bicyclic) bond motifs is 3. The number of hydrogen-bond donors (Lipinski definition) is 2. The van der Waals surface area contributed by atoms with E-state index in [2.05, 4.69) is 21.9 Å². The predicted octanol–water partition coefficient (Wildman–Crippen LogP) is 5.86. The first-order valence-electron chi connectivity index (χ1n) is 15.4. The largest absolute Gasteiger partial charge is 0.496 e. The maximum Gasteiger partial charge on any atom is 0.419 e. The number of carbonyl (C=O) groups is 2. The molecule has 244 valence electrons. The van der Waals surface area contributed by atoms with Crippen LogP contribution in [0.15, 0.2) is 47.1 Å². The molecule has 2 unspecified atom stereocenters. The first-order valence-corrected chi connectivity index (χ1v) is 15.4. The van der Waals surface area contributed by atoms with E-state index < -0.39 is 41.2 Å². The van der Waals surface area contributed by atoms with Crippen LogP contribution in [0.5, 0.6) is 5.75 Å². The molecule has 2 aromatic rings. The number of benzene rings is 2. The highest BCUT2D eigenvalue weighted by Crippen LogP contribution is 2.55. The minimum Gasteiger partial charge on any atom is -0.496 e. The first kappa shape index (κ1) is 30.6. The van der Waals surface area contributed by atoms with Gasteiger partial charge in [-0.05, 0) is 67.7 Å². The van der Waals surface area contributed by atoms with Crippen LogP contribution in [0.1, 0.15) is 53.6 Å². The van der Waals surface area contributed by atoms with E-state index in [-0.39, 0.29) is 58.8 Å². The molecule has 0 radical (unpaired) electrons. The van der Waals surface area contributed by atoms with Gasteiger partial charge in [0.15, 0.2) is 6.10 Å². The monoisotopic (exact) mass is 645 g/mol. The van der Waals surface area contributed by atoms with Gasteiger partial charge in [-0.2, -0.15) is 13.2 Å². The topological polar surface area (TPSA) is 98.2 Å². The number of methoxy groups -OCH3 is 1.